The molecule has 0 bridgehead atoms. The largest absolute Gasteiger partial charge is 0.408 e. The molecule has 14 heavy (non-hydrogen) atoms. The molecule has 0 aliphatic heterocycles. The molecule has 6 heteroatoms. The third-order valence-corrected chi connectivity index (χ3v) is 1.91. The number of aromatic nitrogens is 2. The predicted molar refractivity (Wildman–Crippen MR) is 53.7 cm³/mol. The molecular formula is C8H14ClN3O2. The van der Waals surface area contributed by atoms with Gasteiger partial charge in [0, 0.05) is 26.0 Å². The summed E-state index contributed by atoms with van der Waals surface area (Å²) in [6, 6.07) is 0.411. The Kier molecular flexibility index (Phi) is 4.69. The van der Waals surface area contributed by atoms with Crippen molar-refractivity contribution in [1.29, 1.82) is 0 Å². The maximum atomic E-state index is 5.53. The number of ether oxygens (including phenoxy) is 1. The molecule has 1 N–H and O–H groups in total. The van der Waals surface area contributed by atoms with Gasteiger partial charge in [0.2, 0.25) is 5.89 Å². The first kappa shape index (κ1) is 11.3. The van der Waals surface area contributed by atoms with Crippen molar-refractivity contribution in [3.8, 4) is 0 Å². The van der Waals surface area contributed by atoms with E-state index in [0.717, 1.165) is 0 Å². The minimum atomic E-state index is 0.110. The molecule has 0 saturated heterocycles. The van der Waals surface area contributed by atoms with E-state index < -0.39 is 0 Å². The van der Waals surface area contributed by atoms with Crippen LogP contribution >= 0.6 is 11.6 Å². The monoisotopic (exact) mass is 219 g/mol. The fourth-order valence-corrected chi connectivity index (χ4v) is 0.983. The molecule has 1 aromatic heterocycles. The summed E-state index contributed by atoms with van der Waals surface area (Å²) in [6.45, 7) is 2.59. The molecule has 0 radical (unpaired) electrons. The van der Waals surface area contributed by atoms with E-state index >= 15 is 0 Å². The topological polar surface area (TPSA) is 60.2 Å². The average molecular weight is 220 g/mol. The normalized spacial score (nSPS) is 12.8. The van der Waals surface area contributed by atoms with Crippen molar-refractivity contribution in [2.75, 3.05) is 24.9 Å². The van der Waals surface area contributed by atoms with Crippen LogP contribution in [0.2, 0.25) is 0 Å². The summed E-state index contributed by atoms with van der Waals surface area (Å²) in [5.41, 5.74) is 0. The number of anilines is 1. The number of halogens is 1. The van der Waals surface area contributed by atoms with Gasteiger partial charge in [0.25, 0.3) is 0 Å². The van der Waals surface area contributed by atoms with Gasteiger partial charge in [-0.25, -0.2) is 0 Å². The Morgan fingerprint density at radius 1 is 1.57 bits per heavy atom. The molecule has 1 heterocycles. The third-order valence-electron chi connectivity index (χ3n) is 1.72. The van der Waals surface area contributed by atoms with Gasteiger partial charge in [-0.3, -0.25) is 0 Å². The minimum absolute atomic E-state index is 0.110. The highest BCUT2D eigenvalue weighted by Crippen LogP contribution is 2.06. The summed E-state index contributed by atoms with van der Waals surface area (Å²) in [4.78, 5) is 0. The van der Waals surface area contributed by atoms with Crippen molar-refractivity contribution in [2.24, 2.45) is 0 Å². The van der Waals surface area contributed by atoms with Gasteiger partial charge in [-0.15, -0.1) is 16.7 Å². The molecule has 1 rings (SSSR count). The fourth-order valence-electron chi connectivity index (χ4n) is 0.821. The van der Waals surface area contributed by atoms with Crippen LogP contribution in [-0.2, 0) is 11.2 Å². The molecule has 0 saturated carbocycles. The van der Waals surface area contributed by atoms with Crippen molar-refractivity contribution in [3.63, 3.8) is 0 Å². The quantitative estimate of drug-likeness (QED) is 0.731. The third kappa shape index (κ3) is 3.51. The van der Waals surface area contributed by atoms with Gasteiger partial charge in [0.1, 0.15) is 0 Å². The zero-order chi connectivity index (χ0) is 10.4. The maximum Gasteiger partial charge on any atom is 0.315 e. The molecule has 5 nitrogen and oxygen atoms in total. The molecule has 1 aromatic rings. The van der Waals surface area contributed by atoms with E-state index in [9.17, 15) is 0 Å². The first-order valence-corrected chi connectivity index (χ1v) is 4.94. The molecule has 0 spiro atoms. The molecule has 1 atom stereocenters. The first-order valence-electron chi connectivity index (χ1n) is 4.41. The van der Waals surface area contributed by atoms with Gasteiger partial charge < -0.3 is 14.5 Å². The Balaban J connectivity index is 2.35. The van der Waals surface area contributed by atoms with Gasteiger partial charge in [0.15, 0.2) is 0 Å². The Bertz CT molecular complexity index is 267. The lowest BCUT2D eigenvalue weighted by Gasteiger charge is -2.07. The van der Waals surface area contributed by atoms with Gasteiger partial charge in [-0.2, -0.15) is 0 Å². The van der Waals surface area contributed by atoms with Crippen LogP contribution in [0.4, 0.5) is 6.01 Å². The Labute approximate surface area is 87.8 Å². The van der Waals surface area contributed by atoms with E-state index in [1.54, 1.807) is 7.11 Å². The van der Waals surface area contributed by atoms with Crippen LogP contribution in [0.25, 0.3) is 0 Å². The van der Waals surface area contributed by atoms with E-state index in [2.05, 4.69) is 15.5 Å². The van der Waals surface area contributed by atoms with Crippen molar-refractivity contribution >= 4 is 17.6 Å². The highest BCUT2D eigenvalue weighted by atomic mass is 35.5. The predicted octanol–water partition coefficient (Wildman–Crippen LogP) is 1.30. The lowest BCUT2D eigenvalue weighted by atomic mass is 10.4. The maximum absolute atomic E-state index is 5.53. The summed E-state index contributed by atoms with van der Waals surface area (Å²) in [7, 11) is 1.65. The van der Waals surface area contributed by atoms with Crippen LogP contribution in [0.5, 0.6) is 0 Å². The van der Waals surface area contributed by atoms with Gasteiger partial charge in [0.05, 0.1) is 6.10 Å². The molecule has 0 aliphatic rings. The Hall–Kier alpha value is -0.810. The lowest BCUT2D eigenvalue weighted by Crippen LogP contribution is -2.18. The molecule has 0 aliphatic carbocycles. The second kappa shape index (κ2) is 5.82. The molecule has 80 valence electrons. The molecule has 0 amide bonds. The average Bonchev–Trinajstić information content (AvgIpc) is 2.63. The zero-order valence-corrected chi connectivity index (χ0v) is 9.04. The SMILES string of the molecule is COC(C)CNc1nnc(CCCl)o1. The van der Waals surface area contributed by atoms with Crippen molar-refractivity contribution < 1.29 is 9.15 Å². The van der Waals surface area contributed by atoms with Crippen molar-refractivity contribution in [1.82, 2.24) is 10.2 Å². The summed E-state index contributed by atoms with van der Waals surface area (Å²) in [5, 5.41) is 10.6. The zero-order valence-electron chi connectivity index (χ0n) is 8.29. The fraction of sp³-hybridized carbons (Fsp3) is 0.750. The van der Waals surface area contributed by atoms with E-state index in [1.807, 2.05) is 6.92 Å². The van der Waals surface area contributed by atoms with Crippen molar-refractivity contribution in [2.45, 2.75) is 19.4 Å². The summed E-state index contributed by atoms with van der Waals surface area (Å²) >= 11 is 5.53. The van der Waals surface area contributed by atoms with Crippen LogP contribution in [-0.4, -0.2) is 35.8 Å². The van der Waals surface area contributed by atoms with Crippen molar-refractivity contribution in [3.05, 3.63) is 5.89 Å². The van der Waals surface area contributed by atoms with Crippen LogP contribution in [0.3, 0.4) is 0 Å². The van der Waals surface area contributed by atoms with E-state index in [0.29, 0.717) is 30.8 Å². The Morgan fingerprint density at radius 3 is 3.00 bits per heavy atom. The molecule has 0 fully saturated rings. The number of rotatable bonds is 6. The number of alkyl halides is 1. The van der Waals surface area contributed by atoms with E-state index in [4.69, 9.17) is 20.8 Å². The van der Waals surface area contributed by atoms with Crippen LogP contribution in [0.1, 0.15) is 12.8 Å². The van der Waals surface area contributed by atoms with E-state index in [-0.39, 0.29) is 6.10 Å². The standard InChI is InChI=1S/C8H14ClN3O2/c1-6(13-2)5-10-8-12-11-7(14-8)3-4-9/h6H,3-5H2,1-2H3,(H,10,12). The van der Waals surface area contributed by atoms with Crippen LogP contribution in [0.15, 0.2) is 4.42 Å². The van der Waals surface area contributed by atoms with E-state index in [1.165, 1.54) is 0 Å². The highest BCUT2D eigenvalue weighted by molar-refractivity contribution is 6.17. The summed E-state index contributed by atoms with van der Waals surface area (Å²) in [5.74, 6) is 1.03. The Morgan fingerprint density at radius 2 is 2.36 bits per heavy atom. The van der Waals surface area contributed by atoms with Gasteiger partial charge in [-0.05, 0) is 6.92 Å². The number of hydrogen-bond donors (Lipinski definition) is 1. The van der Waals surface area contributed by atoms with Crippen LogP contribution < -0.4 is 5.32 Å². The second-order valence-electron chi connectivity index (χ2n) is 2.87. The second-order valence-corrected chi connectivity index (χ2v) is 3.25. The number of nitrogens with zero attached hydrogens (tertiary/aromatic N) is 2. The minimum Gasteiger partial charge on any atom is -0.408 e. The molecule has 0 aromatic carbocycles. The molecule has 1 unspecified atom stereocenters. The number of aryl methyl sites for hydroxylation is 1. The number of hydrogen-bond acceptors (Lipinski definition) is 5. The highest BCUT2D eigenvalue weighted by Gasteiger charge is 2.06. The van der Waals surface area contributed by atoms with Crippen LogP contribution in [0, 0.1) is 0 Å². The van der Waals surface area contributed by atoms with Gasteiger partial charge >= 0.3 is 6.01 Å². The lowest BCUT2D eigenvalue weighted by molar-refractivity contribution is 0.128. The first-order chi connectivity index (χ1) is 6.76. The number of nitrogens with one attached hydrogen (secondary N) is 1. The smallest absolute Gasteiger partial charge is 0.315 e. The number of methoxy groups -OCH3 is 1. The summed E-state index contributed by atoms with van der Waals surface area (Å²) in [6.07, 6.45) is 0.703. The summed E-state index contributed by atoms with van der Waals surface area (Å²) < 4.78 is 10.3. The molecular weight excluding hydrogens is 206 g/mol. The van der Waals surface area contributed by atoms with Gasteiger partial charge in [-0.1, -0.05) is 5.10 Å².